The zero-order valence-corrected chi connectivity index (χ0v) is 76.7. The van der Waals surface area contributed by atoms with Gasteiger partial charge in [-0.1, -0.05) is 355 Å². The molecule has 5 heteroatoms. The van der Waals surface area contributed by atoms with E-state index < -0.39 is 0 Å². The van der Waals surface area contributed by atoms with E-state index in [0.717, 1.165) is 24.2 Å². The number of aromatic nitrogens is 2. The van der Waals surface area contributed by atoms with Gasteiger partial charge in [-0.05, 0) is 236 Å². The Bertz CT molecular complexity index is 5900. The minimum absolute atomic E-state index is 0.0494. The van der Waals surface area contributed by atoms with Gasteiger partial charge in [0.25, 0.3) is 6.71 Å². The van der Waals surface area contributed by atoms with Crippen LogP contribution in [0.1, 0.15) is 254 Å². The van der Waals surface area contributed by atoms with Crippen molar-refractivity contribution in [1.29, 1.82) is 0 Å². The Balaban J connectivity index is 1.02. The standard InChI is InChI=1S/C116H125BN4/c1-109(2,3)78-44-36-73(37-45-78)88-32-28-33-89(74-38-46-79(47-39-74)110(4,5)6)107(88)120-102-70-86(118-98-60-52-82(113(13,14)15)66-92(98)93-67-83(114(16,17)18)53-61-99(93)118)56-58-96(102)117-97-59-57-87(119-100-62-54-84(115(19,20)21)68-94(100)95-69-85(116(22,23)24)55-63-101(95)119)71-103(97)121(105-65-77(64-104(120)106(105)117)72-30-26-25-27-31-72)108-90(75-40-48-80(49-41-75)111(7,8)9)34-29-35-91(108)76-42-50-81(51-43-76)112(10,11)12/h28-29,32-72H,25-27,30-31H2,1-24H3. The Labute approximate surface area is 723 Å². The van der Waals surface area contributed by atoms with E-state index in [2.05, 4.69) is 440 Å². The van der Waals surface area contributed by atoms with Crippen molar-refractivity contribution in [2.45, 2.75) is 248 Å². The Kier molecular flexibility index (Phi) is 19.4. The molecule has 0 saturated heterocycles. The quantitative estimate of drug-likeness (QED) is 0.134. The molecule has 612 valence electrons. The fraction of sp³-hybridized carbons (Fsp3) is 0.328. The lowest BCUT2D eigenvalue weighted by Crippen LogP contribution is -2.61. The second kappa shape index (κ2) is 28.9. The smallest absolute Gasteiger partial charge is 0.252 e. The largest absolute Gasteiger partial charge is 0.310 e. The van der Waals surface area contributed by atoms with Crippen LogP contribution in [-0.4, -0.2) is 15.8 Å². The molecule has 0 N–H and O–H groups in total. The van der Waals surface area contributed by atoms with E-state index in [-0.39, 0.29) is 50.0 Å². The monoisotopic (exact) mass is 1580 g/mol. The molecule has 1 fully saturated rings. The van der Waals surface area contributed by atoms with E-state index in [1.54, 1.807) is 0 Å². The van der Waals surface area contributed by atoms with Crippen LogP contribution < -0.4 is 26.2 Å². The van der Waals surface area contributed by atoms with E-state index >= 15 is 0 Å². The minimum Gasteiger partial charge on any atom is -0.310 e. The maximum Gasteiger partial charge on any atom is 0.252 e. The number of rotatable bonds is 9. The SMILES string of the molecule is CC(C)(C)c1ccc(-c2cccc(-c3ccc(C(C)(C)C)cc3)c2N2c3cc(-n4c5ccc(C(C)(C)C)cc5c5cc(C(C)(C)C)ccc54)ccc3B3c4ccc(-n5c6ccc(C(C)(C)C)cc6c6cc(C(C)(C)C)ccc65)cc4N(c4c(-c5ccc(C(C)(C)C)cc5)cccc4-c4ccc(C(C)(C)C)cc4)c4cc(C5CCCCC5)cc2c43)cc1. The summed E-state index contributed by atoms with van der Waals surface area (Å²) in [4.78, 5) is 5.64. The van der Waals surface area contributed by atoms with Crippen molar-refractivity contribution in [3.63, 3.8) is 0 Å². The number of fused-ring (bicyclic) bond motifs is 10. The summed E-state index contributed by atoms with van der Waals surface area (Å²) in [6.07, 6.45) is 5.87. The molecule has 4 nitrogen and oxygen atoms in total. The normalized spacial score (nSPS) is 14.5. The molecule has 0 unspecified atom stereocenters. The predicted molar refractivity (Wildman–Crippen MR) is 526 cm³/mol. The van der Waals surface area contributed by atoms with Crippen molar-refractivity contribution in [2.24, 2.45) is 0 Å². The number of hydrogen-bond acceptors (Lipinski definition) is 2. The Morgan fingerprint density at radius 1 is 0.248 bits per heavy atom. The minimum atomic E-state index is -0.241. The molecule has 18 rings (SSSR count). The summed E-state index contributed by atoms with van der Waals surface area (Å²) in [6.45, 7) is 56.1. The summed E-state index contributed by atoms with van der Waals surface area (Å²) in [5.74, 6) is 0.314. The van der Waals surface area contributed by atoms with Crippen LogP contribution in [0.2, 0.25) is 0 Å². The number of anilines is 6. The van der Waals surface area contributed by atoms with E-state index in [1.807, 2.05) is 0 Å². The number of benzene rings is 13. The van der Waals surface area contributed by atoms with Gasteiger partial charge in [0.15, 0.2) is 0 Å². The van der Waals surface area contributed by atoms with Crippen LogP contribution in [0.4, 0.5) is 34.1 Å². The lowest BCUT2D eigenvalue weighted by atomic mass is 9.33. The Morgan fingerprint density at radius 2 is 0.504 bits per heavy atom. The van der Waals surface area contributed by atoms with E-state index in [4.69, 9.17) is 0 Å². The summed E-state index contributed by atoms with van der Waals surface area (Å²) in [7, 11) is 0. The van der Waals surface area contributed by atoms with Crippen LogP contribution in [0.5, 0.6) is 0 Å². The number of nitrogens with zero attached hydrogens (tertiary/aromatic N) is 4. The highest BCUT2D eigenvalue weighted by molar-refractivity contribution is 7.00. The topological polar surface area (TPSA) is 16.3 Å². The first-order chi connectivity index (χ1) is 57.1. The van der Waals surface area contributed by atoms with Crippen molar-refractivity contribution in [1.82, 2.24) is 9.13 Å². The van der Waals surface area contributed by atoms with Gasteiger partial charge in [-0.15, -0.1) is 0 Å². The molecule has 0 amide bonds. The predicted octanol–water partition coefficient (Wildman–Crippen LogP) is 31.1. The maximum atomic E-state index is 2.82. The third-order valence-corrected chi connectivity index (χ3v) is 27.4. The average molecular weight is 1590 g/mol. The van der Waals surface area contributed by atoms with E-state index in [9.17, 15) is 0 Å². The lowest BCUT2D eigenvalue weighted by Gasteiger charge is -2.46. The third-order valence-electron chi connectivity index (χ3n) is 27.4. The van der Waals surface area contributed by atoms with Gasteiger partial charge in [0.1, 0.15) is 0 Å². The molecule has 0 spiro atoms. The second-order valence-electron chi connectivity index (χ2n) is 44.2. The summed E-state index contributed by atoms with van der Waals surface area (Å²) < 4.78 is 5.21. The zero-order valence-electron chi connectivity index (χ0n) is 76.7. The molecule has 1 aliphatic carbocycles. The zero-order chi connectivity index (χ0) is 85.5. The van der Waals surface area contributed by atoms with Crippen LogP contribution >= 0.6 is 0 Å². The van der Waals surface area contributed by atoms with Gasteiger partial charge in [-0.3, -0.25) is 0 Å². The molecule has 13 aromatic carbocycles. The van der Waals surface area contributed by atoms with Gasteiger partial charge in [0, 0.05) is 77.9 Å². The molecule has 0 radical (unpaired) electrons. The summed E-state index contributed by atoms with van der Waals surface area (Å²) in [5, 5.41) is 5.11. The highest BCUT2D eigenvalue weighted by atomic mass is 15.2. The Hall–Kier alpha value is -10.9. The highest BCUT2D eigenvalue weighted by Crippen LogP contribution is 2.56. The van der Waals surface area contributed by atoms with E-state index in [1.165, 1.54) is 208 Å². The first kappa shape index (κ1) is 81.1. The fourth-order valence-electron chi connectivity index (χ4n) is 20.0. The first-order valence-electron chi connectivity index (χ1n) is 45.0. The number of para-hydroxylation sites is 2. The molecular formula is C116H125BN4. The van der Waals surface area contributed by atoms with Gasteiger partial charge in [-0.2, -0.15) is 0 Å². The summed E-state index contributed by atoms with van der Waals surface area (Å²) in [5.41, 5.74) is 39.0. The Morgan fingerprint density at radius 3 is 0.760 bits per heavy atom. The average Bonchev–Trinajstić information content (AvgIpc) is 0.777. The van der Waals surface area contributed by atoms with Gasteiger partial charge in [0.2, 0.25) is 0 Å². The van der Waals surface area contributed by atoms with Gasteiger partial charge in [-0.25, -0.2) is 0 Å². The van der Waals surface area contributed by atoms with Crippen molar-refractivity contribution in [2.75, 3.05) is 9.80 Å². The maximum absolute atomic E-state index is 2.82. The van der Waals surface area contributed by atoms with Crippen LogP contribution in [0, 0.1) is 0 Å². The van der Waals surface area contributed by atoms with Crippen molar-refractivity contribution in [3.8, 4) is 55.9 Å². The van der Waals surface area contributed by atoms with Crippen molar-refractivity contribution >= 4 is 101 Å². The number of hydrogen-bond donors (Lipinski definition) is 0. The summed E-state index contributed by atoms with van der Waals surface area (Å²) in [6, 6.07) is 103. The van der Waals surface area contributed by atoms with Crippen LogP contribution in [-0.2, 0) is 43.3 Å². The van der Waals surface area contributed by atoms with Crippen LogP contribution in [0.15, 0.2) is 255 Å². The summed E-state index contributed by atoms with van der Waals surface area (Å²) >= 11 is 0. The third kappa shape index (κ3) is 14.4. The molecule has 1 saturated carbocycles. The first-order valence-corrected chi connectivity index (χ1v) is 45.0. The lowest BCUT2D eigenvalue weighted by molar-refractivity contribution is 0.444. The van der Waals surface area contributed by atoms with Crippen molar-refractivity contribution < 1.29 is 0 Å². The molecule has 3 aliphatic rings. The fourth-order valence-corrected chi connectivity index (χ4v) is 20.0. The molecule has 4 heterocycles. The van der Waals surface area contributed by atoms with Crippen LogP contribution in [0.25, 0.3) is 99.5 Å². The van der Waals surface area contributed by atoms with Crippen LogP contribution in [0.3, 0.4) is 0 Å². The molecule has 121 heavy (non-hydrogen) atoms. The molecule has 0 atom stereocenters. The second-order valence-corrected chi connectivity index (χ2v) is 44.2. The molecule has 0 bridgehead atoms. The molecular weight excluding hydrogens is 1460 g/mol. The van der Waals surface area contributed by atoms with Gasteiger partial charge >= 0.3 is 0 Å². The highest BCUT2D eigenvalue weighted by Gasteiger charge is 2.47. The molecule has 15 aromatic rings. The van der Waals surface area contributed by atoms with Gasteiger partial charge < -0.3 is 18.9 Å². The van der Waals surface area contributed by atoms with E-state index in [0.29, 0.717) is 5.92 Å². The van der Waals surface area contributed by atoms with Gasteiger partial charge in [0.05, 0.1) is 33.4 Å². The molecule has 2 aromatic heterocycles. The molecule has 2 aliphatic heterocycles. The van der Waals surface area contributed by atoms with Crippen molar-refractivity contribution in [3.05, 3.63) is 305 Å².